The largest absolute Gasteiger partial charge is 0.353 e. The zero-order chi connectivity index (χ0) is 20.1. The number of sulfonamides is 1. The maximum Gasteiger partial charge on any atom is 0.252 e. The van der Waals surface area contributed by atoms with Gasteiger partial charge in [0, 0.05) is 25.6 Å². The number of amides is 1. The minimum Gasteiger partial charge on any atom is -0.353 e. The van der Waals surface area contributed by atoms with Crippen molar-refractivity contribution in [1.29, 1.82) is 0 Å². The lowest BCUT2D eigenvalue weighted by atomic mass is 9.73. The molecule has 1 atom stereocenters. The van der Waals surface area contributed by atoms with Gasteiger partial charge in [0.1, 0.15) is 4.21 Å². The Morgan fingerprint density at radius 3 is 2.59 bits per heavy atom. The first-order valence-electron chi connectivity index (χ1n) is 10.4. The molecule has 0 bridgehead atoms. The van der Waals surface area contributed by atoms with Gasteiger partial charge < -0.3 is 5.32 Å². The van der Waals surface area contributed by atoms with Gasteiger partial charge in [-0.3, -0.25) is 4.79 Å². The Morgan fingerprint density at radius 2 is 1.90 bits per heavy atom. The van der Waals surface area contributed by atoms with Gasteiger partial charge in [0.15, 0.2) is 0 Å². The summed E-state index contributed by atoms with van der Waals surface area (Å²) in [6.07, 6.45) is 5.31. The Bertz CT molecular complexity index is 1000. The van der Waals surface area contributed by atoms with Crippen LogP contribution in [0.2, 0.25) is 0 Å². The molecular formula is C22H26N2O3S2. The molecule has 2 aliphatic carbocycles. The Balaban J connectivity index is 1.34. The Kier molecular flexibility index (Phi) is 4.80. The third-order valence-electron chi connectivity index (χ3n) is 6.75. The summed E-state index contributed by atoms with van der Waals surface area (Å²) in [5, 5.41) is 4.93. The summed E-state index contributed by atoms with van der Waals surface area (Å²) < 4.78 is 27.9. The van der Waals surface area contributed by atoms with Gasteiger partial charge in [0.05, 0.1) is 0 Å². The second kappa shape index (κ2) is 7.22. The van der Waals surface area contributed by atoms with Gasteiger partial charge in [0.2, 0.25) is 5.91 Å². The fourth-order valence-electron chi connectivity index (χ4n) is 5.11. The van der Waals surface area contributed by atoms with Crippen molar-refractivity contribution in [1.82, 2.24) is 9.62 Å². The van der Waals surface area contributed by atoms with Crippen LogP contribution in [0.25, 0.3) is 0 Å². The quantitative estimate of drug-likeness (QED) is 0.788. The standard InChI is InChI=1S/C22H26N2O3S2/c25-20(23-17-7-8-17)14-16-15-22(19-5-2-1-4-18(16)19)9-11-24(12-10-22)29(26,27)21-6-3-13-28-21/h1-6,13,16-17H,7-12,14-15H2,(H,23,25). The van der Waals surface area contributed by atoms with E-state index in [1.807, 2.05) is 5.38 Å². The van der Waals surface area contributed by atoms with Crippen molar-refractivity contribution in [2.24, 2.45) is 0 Å². The molecule has 1 unspecified atom stereocenters. The summed E-state index contributed by atoms with van der Waals surface area (Å²) in [5.41, 5.74) is 2.60. The molecule has 5 nitrogen and oxygen atoms in total. The molecule has 0 radical (unpaired) electrons. The zero-order valence-corrected chi connectivity index (χ0v) is 18.0. The molecule has 1 aromatic heterocycles. The SMILES string of the molecule is O=C(CC1CC2(CCN(S(=O)(=O)c3cccs3)CC2)c2ccccc21)NC1CC1. The number of benzene rings is 1. The van der Waals surface area contributed by atoms with E-state index in [1.54, 1.807) is 16.4 Å². The first kappa shape index (κ1) is 19.3. The normalized spacial score (nSPS) is 23.8. The van der Waals surface area contributed by atoms with Crippen molar-refractivity contribution in [3.05, 3.63) is 52.9 Å². The van der Waals surface area contributed by atoms with Crippen LogP contribution >= 0.6 is 11.3 Å². The summed E-state index contributed by atoms with van der Waals surface area (Å²) in [6.45, 7) is 1.07. The number of rotatable bonds is 5. The number of fused-ring (bicyclic) bond motifs is 2. The van der Waals surface area contributed by atoms with E-state index in [1.165, 1.54) is 22.5 Å². The van der Waals surface area contributed by atoms with Crippen molar-refractivity contribution in [3.63, 3.8) is 0 Å². The number of nitrogens with zero attached hydrogens (tertiary/aromatic N) is 1. The van der Waals surface area contributed by atoms with Gasteiger partial charge in [-0.1, -0.05) is 30.3 Å². The predicted molar refractivity (Wildman–Crippen MR) is 114 cm³/mol. The average Bonchev–Trinajstić information content (AvgIpc) is 3.25. The molecule has 3 aliphatic rings. The first-order valence-corrected chi connectivity index (χ1v) is 12.7. The van der Waals surface area contributed by atoms with Gasteiger partial charge in [-0.15, -0.1) is 11.3 Å². The second-order valence-electron chi connectivity index (χ2n) is 8.65. The van der Waals surface area contributed by atoms with E-state index in [0.29, 0.717) is 29.8 Å². The fourth-order valence-corrected chi connectivity index (χ4v) is 7.70. The highest BCUT2D eigenvalue weighted by atomic mass is 32.2. The van der Waals surface area contributed by atoms with Crippen LogP contribution in [0.15, 0.2) is 46.0 Å². The van der Waals surface area contributed by atoms with Crippen molar-refractivity contribution in [2.45, 2.75) is 60.1 Å². The summed E-state index contributed by atoms with van der Waals surface area (Å²) in [4.78, 5) is 12.4. The minimum absolute atomic E-state index is 0.0113. The van der Waals surface area contributed by atoms with Crippen LogP contribution in [0.5, 0.6) is 0 Å². The van der Waals surface area contributed by atoms with Gasteiger partial charge in [-0.2, -0.15) is 4.31 Å². The van der Waals surface area contributed by atoms with Crippen LogP contribution in [-0.2, 0) is 20.2 Å². The van der Waals surface area contributed by atoms with E-state index in [0.717, 1.165) is 32.1 Å². The monoisotopic (exact) mass is 430 g/mol. The van der Waals surface area contributed by atoms with Crippen molar-refractivity contribution in [2.75, 3.05) is 13.1 Å². The number of hydrogen-bond donors (Lipinski definition) is 1. The number of carbonyl (C=O) groups excluding carboxylic acids is 1. The molecule has 1 saturated carbocycles. The molecular weight excluding hydrogens is 404 g/mol. The smallest absolute Gasteiger partial charge is 0.252 e. The minimum atomic E-state index is -3.39. The Labute approximate surface area is 176 Å². The van der Waals surface area contributed by atoms with E-state index in [9.17, 15) is 13.2 Å². The van der Waals surface area contributed by atoms with Crippen molar-refractivity contribution in [3.8, 4) is 0 Å². The molecule has 1 amide bonds. The van der Waals surface area contributed by atoms with Crippen LogP contribution in [0.4, 0.5) is 0 Å². The average molecular weight is 431 g/mol. The number of nitrogens with one attached hydrogen (secondary N) is 1. The van der Waals surface area contributed by atoms with Crippen LogP contribution in [0.3, 0.4) is 0 Å². The summed E-state index contributed by atoms with van der Waals surface area (Å²) in [6, 6.07) is 12.3. The number of thiophene rings is 1. The molecule has 2 aromatic rings. The van der Waals surface area contributed by atoms with E-state index >= 15 is 0 Å². The van der Waals surface area contributed by atoms with Crippen LogP contribution in [0.1, 0.15) is 55.6 Å². The van der Waals surface area contributed by atoms with Crippen molar-refractivity contribution >= 4 is 27.3 Å². The number of piperidine rings is 1. The van der Waals surface area contributed by atoms with Crippen LogP contribution < -0.4 is 5.32 Å². The lowest BCUT2D eigenvalue weighted by molar-refractivity contribution is -0.121. The lowest BCUT2D eigenvalue weighted by Gasteiger charge is -2.39. The second-order valence-corrected chi connectivity index (χ2v) is 11.8. The molecule has 2 heterocycles. The predicted octanol–water partition coefficient (Wildman–Crippen LogP) is 3.63. The van der Waals surface area contributed by atoms with E-state index in [-0.39, 0.29) is 17.2 Å². The molecule has 7 heteroatoms. The van der Waals surface area contributed by atoms with E-state index in [4.69, 9.17) is 0 Å². The molecule has 1 aromatic carbocycles. The topological polar surface area (TPSA) is 66.5 Å². The highest BCUT2D eigenvalue weighted by Crippen LogP contribution is 2.53. The number of carbonyl (C=O) groups is 1. The van der Waals surface area contributed by atoms with Gasteiger partial charge in [-0.25, -0.2) is 8.42 Å². The molecule has 2 fully saturated rings. The maximum atomic E-state index is 12.9. The highest BCUT2D eigenvalue weighted by Gasteiger charge is 2.47. The van der Waals surface area contributed by atoms with E-state index in [2.05, 4.69) is 29.6 Å². The fraction of sp³-hybridized carbons (Fsp3) is 0.500. The van der Waals surface area contributed by atoms with Gasteiger partial charge in [-0.05, 0) is 66.0 Å². The molecule has 1 N–H and O–H groups in total. The first-order chi connectivity index (χ1) is 14.0. The summed E-state index contributed by atoms with van der Waals surface area (Å²) >= 11 is 1.28. The molecule has 1 aliphatic heterocycles. The lowest BCUT2D eigenvalue weighted by Crippen LogP contribution is -2.44. The third-order valence-corrected chi connectivity index (χ3v) is 10.0. The van der Waals surface area contributed by atoms with Crippen LogP contribution in [-0.4, -0.2) is 37.8 Å². The van der Waals surface area contributed by atoms with Gasteiger partial charge >= 0.3 is 0 Å². The number of hydrogen-bond acceptors (Lipinski definition) is 4. The molecule has 29 heavy (non-hydrogen) atoms. The molecule has 5 rings (SSSR count). The van der Waals surface area contributed by atoms with Gasteiger partial charge in [0.25, 0.3) is 10.0 Å². The summed E-state index contributed by atoms with van der Waals surface area (Å²) in [7, 11) is -3.39. The third kappa shape index (κ3) is 3.53. The Hall–Kier alpha value is -1.70. The molecule has 154 valence electrons. The maximum absolute atomic E-state index is 12.9. The summed E-state index contributed by atoms with van der Waals surface area (Å²) in [5.74, 6) is 0.382. The molecule has 1 spiro atoms. The van der Waals surface area contributed by atoms with E-state index < -0.39 is 10.0 Å². The zero-order valence-electron chi connectivity index (χ0n) is 16.3. The highest BCUT2D eigenvalue weighted by molar-refractivity contribution is 7.91. The van der Waals surface area contributed by atoms with Crippen LogP contribution in [0, 0.1) is 0 Å². The van der Waals surface area contributed by atoms with Crippen molar-refractivity contribution < 1.29 is 13.2 Å². The molecule has 1 saturated heterocycles. The Morgan fingerprint density at radius 1 is 1.14 bits per heavy atom.